The molecule has 0 spiro atoms. The van der Waals surface area contributed by atoms with E-state index in [9.17, 15) is 36.6 Å². The van der Waals surface area contributed by atoms with Gasteiger partial charge in [0.1, 0.15) is 11.9 Å². The van der Waals surface area contributed by atoms with E-state index in [0.29, 0.717) is 12.1 Å². The number of halogens is 5. The first-order valence-corrected chi connectivity index (χ1v) is 9.71. The molecule has 0 bridgehead atoms. The van der Waals surface area contributed by atoms with Crippen molar-refractivity contribution in [2.24, 2.45) is 0 Å². The van der Waals surface area contributed by atoms with Gasteiger partial charge in [-0.15, -0.1) is 0 Å². The summed E-state index contributed by atoms with van der Waals surface area (Å²) in [5, 5.41) is 15.7. The summed E-state index contributed by atoms with van der Waals surface area (Å²) in [6.07, 6.45) is 0.176. The summed E-state index contributed by atoms with van der Waals surface area (Å²) in [6, 6.07) is 2.06. The third-order valence-corrected chi connectivity index (χ3v) is 5.07. The lowest BCUT2D eigenvalue weighted by Gasteiger charge is -2.37. The summed E-state index contributed by atoms with van der Waals surface area (Å²) in [6.45, 7) is 1.72. The summed E-state index contributed by atoms with van der Waals surface area (Å²) in [7, 11) is 0. The smallest absolute Gasteiger partial charge is 0.352 e. The van der Waals surface area contributed by atoms with Crippen molar-refractivity contribution in [2.75, 3.05) is 18.4 Å². The van der Waals surface area contributed by atoms with E-state index in [-0.39, 0.29) is 22.2 Å². The maximum atomic E-state index is 14.8. The van der Waals surface area contributed by atoms with Crippen LogP contribution in [0.25, 0.3) is 0 Å². The second kappa shape index (κ2) is 8.49. The molecular weight excluding hydrogens is 439 g/mol. The number of carbonyl (C=O) groups excluding carboxylic acids is 2. The number of nitrogens with zero attached hydrogens (tertiary/aromatic N) is 3. The standard InChI is InChI=1S/C20H21F5N4O3/c1-11(2)29-9-13(8-26-29)27-17(31)12-3-4-15(21)14(7-12)20(24,25)18(32)28-6-5-16(30)19(22,23)10-28/h3-4,7-9,11,16,30H,5-6,10H2,1-2H3,(H,27,31). The molecule has 0 radical (unpaired) electrons. The molecule has 1 fully saturated rings. The van der Waals surface area contributed by atoms with E-state index in [1.807, 2.05) is 13.8 Å². The number of piperidine rings is 1. The summed E-state index contributed by atoms with van der Waals surface area (Å²) in [5.74, 6) is -12.7. The number of hydrogen-bond donors (Lipinski definition) is 2. The first-order valence-electron chi connectivity index (χ1n) is 9.71. The molecule has 2 amide bonds. The van der Waals surface area contributed by atoms with Crippen LogP contribution in [0.3, 0.4) is 0 Å². The van der Waals surface area contributed by atoms with E-state index < -0.39 is 60.7 Å². The second-order valence-corrected chi connectivity index (χ2v) is 7.82. The van der Waals surface area contributed by atoms with Crippen LogP contribution in [0.5, 0.6) is 0 Å². The van der Waals surface area contributed by atoms with Crippen molar-refractivity contribution in [3.8, 4) is 0 Å². The number of alkyl halides is 4. The Morgan fingerprint density at radius 2 is 2.00 bits per heavy atom. The number of amides is 2. The SMILES string of the molecule is CC(C)n1cc(NC(=O)c2ccc(F)c(C(F)(F)C(=O)N3CCC(O)C(F)(F)C3)c2)cn1. The number of benzene rings is 1. The molecule has 12 heteroatoms. The van der Waals surface area contributed by atoms with Crippen LogP contribution >= 0.6 is 0 Å². The zero-order chi connectivity index (χ0) is 23.8. The Morgan fingerprint density at radius 3 is 2.59 bits per heavy atom. The Hall–Kier alpha value is -3.02. The first-order chi connectivity index (χ1) is 14.8. The van der Waals surface area contributed by atoms with Gasteiger partial charge in [0.2, 0.25) is 0 Å². The highest BCUT2D eigenvalue weighted by molar-refractivity contribution is 6.04. The largest absolute Gasteiger partial charge is 0.387 e. The van der Waals surface area contributed by atoms with Gasteiger partial charge in [0.05, 0.1) is 24.0 Å². The Kier molecular flexibility index (Phi) is 6.27. The van der Waals surface area contributed by atoms with E-state index >= 15 is 0 Å². The molecule has 2 aromatic rings. The molecule has 0 aliphatic carbocycles. The van der Waals surface area contributed by atoms with Crippen molar-refractivity contribution in [3.63, 3.8) is 0 Å². The minimum Gasteiger partial charge on any atom is -0.387 e. The zero-order valence-electron chi connectivity index (χ0n) is 17.2. The van der Waals surface area contributed by atoms with Crippen molar-refractivity contribution >= 4 is 17.5 Å². The van der Waals surface area contributed by atoms with Crippen LogP contribution < -0.4 is 5.32 Å². The molecule has 1 aliphatic heterocycles. The van der Waals surface area contributed by atoms with E-state index in [0.717, 1.165) is 6.07 Å². The molecule has 1 aromatic carbocycles. The number of anilines is 1. The summed E-state index contributed by atoms with van der Waals surface area (Å²) < 4.78 is 72.8. The predicted octanol–water partition coefficient (Wildman–Crippen LogP) is 3.18. The molecule has 174 valence electrons. The molecule has 2 heterocycles. The quantitative estimate of drug-likeness (QED) is 0.671. The topological polar surface area (TPSA) is 87.5 Å². The monoisotopic (exact) mass is 460 g/mol. The Labute approximate surface area is 179 Å². The number of rotatable bonds is 5. The fourth-order valence-corrected chi connectivity index (χ4v) is 3.21. The highest BCUT2D eigenvalue weighted by atomic mass is 19.3. The van der Waals surface area contributed by atoms with Gasteiger partial charge in [-0.25, -0.2) is 13.2 Å². The van der Waals surface area contributed by atoms with Gasteiger partial charge in [0.25, 0.3) is 17.7 Å². The van der Waals surface area contributed by atoms with Crippen LogP contribution in [0.2, 0.25) is 0 Å². The third-order valence-electron chi connectivity index (χ3n) is 5.07. The van der Waals surface area contributed by atoms with Crippen molar-refractivity contribution in [1.29, 1.82) is 0 Å². The molecular formula is C20H21F5N4O3. The van der Waals surface area contributed by atoms with Gasteiger partial charge in [-0.2, -0.15) is 13.9 Å². The first kappa shape index (κ1) is 23.6. The molecule has 3 rings (SSSR count). The summed E-state index contributed by atoms with van der Waals surface area (Å²) in [4.78, 5) is 24.9. The van der Waals surface area contributed by atoms with Gasteiger partial charge < -0.3 is 15.3 Å². The fraction of sp³-hybridized carbons (Fsp3) is 0.450. The van der Waals surface area contributed by atoms with Crippen molar-refractivity contribution in [1.82, 2.24) is 14.7 Å². The zero-order valence-corrected chi connectivity index (χ0v) is 17.2. The molecule has 32 heavy (non-hydrogen) atoms. The van der Waals surface area contributed by atoms with Crippen LogP contribution in [0.1, 0.15) is 42.2 Å². The van der Waals surface area contributed by atoms with E-state index in [4.69, 9.17) is 0 Å². The number of carbonyl (C=O) groups is 2. The number of hydrogen-bond acceptors (Lipinski definition) is 4. The van der Waals surface area contributed by atoms with E-state index in [1.165, 1.54) is 12.4 Å². The summed E-state index contributed by atoms with van der Waals surface area (Å²) >= 11 is 0. The Morgan fingerprint density at radius 1 is 1.31 bits per heavy atom. The lowest BCUT2D eigenvalue weighted by molar-refractivity contribution is -0.183. The number of nitrogens with one attached hydrogen (secondary N) is 1. The molecule has 1 aromatic heterocycles. The van der Waals surface area contributed by atoms with Crippen molar-refractivity contribution in [2.45, 2.75) is 44.3 Å². The summed E-state index contributed by atoms with van der Waals surface area (Å²) in [5.41, 5.74) is -1.51. The Bertz CT molecular complexity index is 1020. The molecule has 2 N–H and O–H groups in total. The highest BCUT2D eigenvalue weighted by Gasteiger charge is 2.52. The fourth-order valence-electron chi connectivity index (χ4n) is 3.21. The minimum atomic E-state index is -4.51. The lowest BCUT2D eigenvalue weighted by Crippen LogP contribution is -2.56. The van der Waals surface area contributed by atoms with Crippen LogP contribution in [-0.2, 0) is 10.7 Å². The molecule has 7 nitrogen and oxygen atoms in total. The minimum absolute atomic E-state index is 0.00561. The van der Waals surface area contributed by atoms with Crippen LogP contribution in [0.15, 0.2) is 30.6 Å². The van der Waals surface area contributed by atoms with Crippen molar-refractivity contribution < 1.29 is 36.6 Å². The normalized spacial score (nSPS) is 18.7. The van der Waals surface area contributed by atoms with E-state index in [1.54, 1.807) is 4.68 Å². The Balaban J connectivity index is 1.83. The third kappa shape index (κ3) is 4.59. The molecule has 1 saturated heterocycles. The molecule has 1 unspecified atom stereocenters. The van der Waals surface area contributed by atoms with Crippen molar-refractivity contribution in [3.05, 3.63) is 47.5 Å². The average molecular weight is 460 g/mol. The maximum absolute atomic E-state index is 14.8. The number of aromatic nitrogens is 2. The van der Waals surface area contributed by atoms with Gasteiger partial charge in [-0.05, 0) is 38.5 Å². The van der Waals surface area contributed by atoms with Gasteiger partial charge >= 0.3 is 5.92 Å². The van der Waals surface area contributed by atoms with Crippen LogP contribution in [-0.4, -0.2) is 56.7 Å². The van der Waals surface area contributed by atoms with Gasteiger partial charge in [-0.1, -0.05) is 0 Å². The average Bonchev–Trinajstić information content (AvgIpc) is 3.18. The molecule has 1 aliphatic rings. The predicted molar refractivity (Wildman–Crippen MR) is 103 cm³/mol. The number of aliphatic hydroxyl groups is 1. The lowest BCUT2D eigenvalue weighted by atomic mass is 9.99. The van der Waals surface area contributed by atoms with Crippen LogP contribution in [0, 0.1) is 5.82 Å². The van der Waals surface area contributed by atoms with E-state index in [2.05, 4.69) is 10.4 Å². The van der Waals surface area contributed by atoms with Gasteiger partial charge in [-0.3, -0.25) is 14.3 Å². The number of aliphatic hydroxyl groups excluding tert-OH is 1. The van der Waals surface area contributed by atoms with Gasteiger partial charge in [0.15, 0.2) is 0 Å². The van der Waals surface area contributed by atoms with Gasteiger partial charge in [0, 0.05) is 24.3 Å². The van der Waals surface area contributed by atoms with Crippen LogP contribution in [0.4, 0.5) is 27.6 Å². The highest BCUT2D eigenvalue weighted by Crippen LogP contribution is 2.36. The number of likely N-dealkylation sites (tertiary alicyclic amines) is 1. The maximum Gasteiger partial charge on any atom is 0.352 e. The second-order valence-electron chi connectivity index (χ2n) is 7.82. The molecule has 0 saturated carbocycles. The molecule has 1 atom stereocenters.